The number of nitrogens with zero attached hydrogens (tertiary/aromatic N) is 2. The summed E-state index contributed by atoms with van der Waals surface area (Å²) in [7, 11) is 0. The molecule has 3 aromatic carbocycles. The van der Waals surface area contributed by atoms with Gasteiger partial charge in [-0.2, -0.15) is 5.26 Å². The van der Waals surface area contributed by atoms with E-state index in [4.69, 9.17) is 16.9 Å². The Morgan fingerprint density at radius 3 is 2.39 bits per heavy atom. The van der Waals surface area contributed by atoms with Gasteiger partial charge in [0.05, 0.1) is 23.3 Å². The minimum Gasteiger partial charge on any atom is -0.480 e. The number of carbonyl (C=O) groups excluding carboxylic acids is 1. The summed E-state index contributed by atoms with van der Waals surface area (Å²) in [6, 6.07) is 13.7. The molecule has 1 amide bonds. The van der Waals surface area contributed by atoms with Crippen LogP contribution in [0.2, 0.25) is 5.02 Å². The Morgan fingerprint density at radius 2 is 1.79 bits per heavy atom. The summed E-state index contributed by atoms with van der Waals surface area (Å²) in [4.78, 5) is 29.1. The fraction of sp³-hybridized carbons (Fsp3) is 0.143. The summed E-state index contributed by atoms with van der Waals surface area (Å²) in [6.07, 6.45) is 0.193. The largest absolute Gasteiger partial charge is 0.480 e. The number of carboxylic acid groups (broad SMARTS) is 1. The Kier molecular flexibility index (Phi) is 7.67. The zero-order valence-corrected chi connectivity index (χ0v) is 20.6. The molecule has 2 unspecified atom stereocenters. The highest BCUT2D eigenvalue weighted by molar-refractivity contribution is 6.33. The second kappa shape index (κ2) is 10.9. The summed E-state index contributed by atoms with van der Waals surface area (Å²) in [5.41, 5.74) is 1.68. The number of nitrogens with one attached hydrogen (secondary N) is 1. The topological polar surface area (TPSA) is 123 Å². The van der Waals surface area contributed by atoms with E-state index < -0.39 is 41.2 Å². The van der Waals surface area contributed by atoms with E-state index in [-0.39, 0.29) is 12.0 Å². The zero-order valence-electron chi connectivity index (χ0n) is 19.9. The van der Waals surface area contributed by atoms with Gasteiger partial charge in [-0.15, -0.1) is 0 Å². The maximum Gasteiger partial charge on any atom is 0.326 e. The molecular weight excluding hydrogens is 516 g/mol. The maximum atomic E-state index is 14.5. The molecule has 0 spiro atoms. The number of benzene rings is 3. The van der Waals surface area contributed by atoms with Crippen molar-refractivity contribution < 1.29 is 28.6 Å². The molecule has 0 saturated heterocycles. The second-order valence-corrected chi connectivity index (χ2v) is 8.99. The van der Waals surface area contributed by atoms with Gasteiger partial charge in [-0.3, -0.25) is 9.78 Å². The van der Waals surface area contributed by atoms with Crippen molar-refractivity contribution in [2.45, 2.75) is 25.5 Å². The average molecular weight is 536 g/mol. The molecule has 7 nitrogen and oxygen atoms in total. The van der Waals surface area contributed by atoms with Crippen LogP contribution in [0.25, 0.3) is 22.0 Å². The number of aliphatic carboxylic acids is 1. The van der Waals surface area contributed by atoms with E-state index in [0.717, 1.165) is 12.1 Å². The first kappa shape index (κ1) is 26.7. The molecule has 192 valence electrons. The van der Waals surface area contributed by atoms with Crippen LogP contribution in [0.1, 0.15) is 40.1 Å². The Labute approximate surface area is 220 Å². The number of nitriles is 1. The first-order valence-corrected chi connectivity index (χ1v) is 11.8. The fourth-order valence-corrected chi connectivity index (χ4v) is 4.41. The van der Waals surface area contributed by atoms with Crippen molar-refractivity contribution in [3.8, 4) is 17.2 Å². The quantitative estimate of drug-likeness (QED) is 0.299. The zero-order chi connectivity index (χ0) is 27.6. The lowest BCUT2D eigenvalue weighted by Gasteiger charge is -2.18. The summed E-state index contributed by atoms with van der Waals surface area (Å²) < 4.78 is 29.0. The molecule has 4 rings (SSSR count). The molecule has 0 saturated carbocycles. The number of fused-ring (bicyclic) bond motifs is 1. The molecule has 0 aliphatic carbocycles. The molecule has 0 aliphatic heterocycles. The lowest BCUT2D eigenvalue weighted by atomic mass is 9.94. The number of halogens is 3. The van der Waals surface area contributed by atoms with Gasteiger partial charge in [-0.25, -0.2) is 13.6 Å². The van der Waals surface area contributed by atoms with E-state index in [1.165, 1.54) is 13.0 Å². The predicted octanol–water partition coefficient (Wildman–Crippen LogP) is 5.18. The summed E-state index contributed by atoms with van der Waals surface area (Å²) in [6.45, 7) is 1.31. The standard InChI is InChI=1S/C28H20ClF2N3O4/c1-14(35)17-10-22(30)25(23(31)11-17)27(36)34-24(28(37)38)12-16-5-7-20(26-18(16)3-2-8-33-26)19-6-4-15(13-32)9-21(19)29/h2-11,14,24,35H,12H2,1H3,(H,34,36)(H,37,38). The average Bonchev–Trinajstić information content (AvgIpc) is 2.88. The number of carbonyl (C=O) groups is 2. The Bertz CT molecular complexity index is 1600. The van der Waals surface area contributed by atoms with E-state index in [1.54, 1.807) is 42.6 Å². The Hall–Kier alpha value is -4.39. The van der Waals surface area contributed by atoms with Crippen molar-refractivity contribution in [1.82, 2.24) is 10.3 Å². The van der Waals surface area contributed by atoms with Gasteiger partial charge in [0, 0.05) is 34.2 Å². The van der Waals surface area contributed by atoms with Crippen LogP contribution in [-0.4, -0.2) is 33.1 Å². The Morgan fingerprint density at radius 1 is 1.11 bits per heavy atom. The van der Waals surface area contributed by atoms with Gasteiger partial charge in [0.25, 0.3) is 5.91 Å². The van der Waals surface area contributed by atoms with Crippen LogP contribution < -0.4 is 5.32 Å². The van der Waals surface area contributed by atoms with Crippen LogP contribution in [0.4, 0.5) is 8.78 Å². The van der Waals surface area contributed by atoms with Crippen molar-refractivity contribution >= 4 is 34.4 Å². The number of rotatable bonds is 7. The van der Waals surface area contributed by atoms with E-state index in [9.17, 15) is 28.6 Å². The monoisotopic (exact) mass is 535 g/mol. The minimum atomic E-state index is -1.52. The molecule has 1 aromatic heterocycles. The van der Waals surface area contributed by atoms with Crippen LogP contribution in [-0.2, 0) is 11.2 Å². The normalized spacial score (nSPS) is 12.5. The first-order valence-electron chi connectivity index (χ1n) is 11.4. The molecule has 2 atom stereocenters. The highest BCUT2D eigenvalue weighted by atomic mass is 35.5. The summed E-state index contributed by atoms with van der Waals surface area (Å²) in [5, 5.41) is 31.6. The van der Waals surface area contributed by atoms with Gasteiger partial charge < -0.3 is 15.5 Å². The van der Waals surface area contributed by atoms with Crippen molar-refractivity contribution in [3.63, 3.8) is 0 Å². The number of hydrogen-bond acceptors (Lipinski definition) is 5. The van der Waals surface area contributed by atoms with Gasteiger partial charge in [-0.1, -0.05) is 35.9 Å². The van der Waals surface area contributed by atoms with Gasteiger partial charge >= 0.3 is 5.97 Å². The maximum absolute atomic E-state index is 14.5. The van der Waals surface area contributed by atoms with E-state index >= 15 is 0 Å². The lowest BCUT2D eigenvalue weighted by Crippen LogP contribution is -2.43. The van der Waals surface area contributed by atoms with Crippen molar-refractivity contribution in [2.75, 3.05) is 0 Å². The van der Waals surface area contributed by atoms with Crippen molar-refractivity contribution in [3.05, 3.63) is 99.7 Å². The molecular formula is C28H20ClF2N3O4. The molecule has 10 heteroatoms. The molecule has 0 radical (unpaired) electrons. The van der Waals surface area contributed by atoms with E-state index in [1.807, 2.05) is 6.07 Å². The summed E-state index contributed by atoms with van der Waals surface area (Å²) >= 11 is 6.40. The third-order valence-corrected chi connectivity index (χ3v) is 6.36. The third kappa shape index (κ3) is 5.32. The highest BCUT2D eigenvalue weighted by Gasteiger charge is 2.27. The van der Waals surface area contributed by atoms with E-state index in [0.29, 0.717) is 38.2 Å². The molecule has 0 aliphatic rings. The number of pyridine rings is 1. The van der Waals surface area contributed by atoms with Crippen molar-refractivity contribution in [1.29, 1.82) is 5.26 Å². The highest BCUT2D eigenvalue weighted by Crippen LogP contribution is 2.35. The summed E-state index contributed by atoms with van der Waals surface area (Å²) in [5.74, 6) is -5.09. The van der Waals surface area contributed by atoms with E-state index in [2.05, 4.69) is 10.3 Å². The third-order valence-electron chi connectivity index (χ3n) is 6.05. The van der Waals surface area contributed by atoms with Gasteiger partial charge in [-0.05, 0) is 48.4 Å². The number of aromatic nitrogens is 1. The lowest BCUT2D eigenvalue weighted by molar-refractivity contribution is -0.139. The molecule has 3 N–H and O–H groups in total. The molecule has 0 bridgehead atoms. The van der Waals surface area contributed by atoms with Gasteiger partial charge in [0.15, 0.2) is 0 Å². The minimum absolute atomic E-state index is 0.0623. The van der Waals surface area contributed by atoms with Gasteiger partial charge in [0.2, 0.25) is 0 Å². The van der Waals surface area contributed by atoms with Gasteiger partial charge in [0.1, 0.15) is 23.2 Å². The Balaban J connectivity index is 1.68. The number of hydrogen-bond donors (Lipinski definition) is 3. The molecule has 1 heterocycles. The smallest absolute Gasteiger partial charge is 0.326 e. The first-order chi connectivity index (χ1) is 18.1. The number of carboxylic acids is 1. The number of amides is 1. The predicted molar refractivity (Wildman–Crippen MR) is 136 cm³/mol. The van der Waals surface area contributed by atoms with Crippen LogP contribution >= 0.6 is 11.6 Å². The van der Waals surface area contributed by atoms with Crippen LogP contribution in [0.15, 0.2) is 60.8 Å². The SMILES string of the molecule is CC(O)c1cc(F)c(C(=O)NC(Cc2ccc(-c3ccc(C#N)cc3Cl)c3ncccc23)C(=O)O)c(F)c1. The second-order valence-electron chi connectivity index (χ2n) is 8.58. The number of aliphatic hydroxyl groups is 1. The molecule has 0 fully saturated rings. The molecule has 4 aromatic rings. The van der Waals surface area contributed by atoms with Crippen LogP contribution in [0.3, 0.4) is 0 Å². The number of aliphatic hydroxyl groups excluding tert-OH is 1. The van der Waals surface area contributed by atoms with Crippen LogP contribution in [0.5, 0.6) is 0 Å². The molecule has 38 heavy (non-hydrogen) atoms. The van der Waals surface area contributed by atoms with Crippen molar-refractivity contribution in [2.24, 2.45) is 0 Å². The van der Waals surface area contributed by atoms with Crippen LogP contribution in [0, 0.1) is 23.0 Å². The fourth-order valence-electron chi connectivity index (χ4n) is 4.13.